The molecular formula is C49H70FN7O8S3Si2. The Balaban J connectivity index is 1.34. The van der Waals surface area contributed by atoms with E-state index in [1.165, 1.54) is 30.6 Å². The van der Waals surface area contributed by atoms with Crippen molar-refractivity contribution in [1.29, 1.82) is 0 Å². The number of aryl methyl sites for hydroxylation is 2. The number of anilines is 2. The first-order valence-corrected chi connectivity index (χ1v) is 33.4. The molecule has 0 saturated carbocycles. The fourth-order valence-corrected chi connectivity index (χ4v) is 11.1. The number of benzene rings is 2. The van der Waals surface area contributed by atoms with E-state index in [1.807, 2.05) is 34.9 Å². The molecule has 0 aliphatic heterocycles. The van der Waals surface area contributed by atoms with E-state index < -0.39 is 38.3 Å². The van der Waals surface area contributed by atoms with Gasteiger partial charge in [-0.3, -0.25) is 14.0 Å². The lowest BCUT2D eigenvalue weighted by atomic mass is 10.2. The van der Waals surface area contributed by atoms with Gasteiger partial charge in [-0.1, -0.05) is 75.7 Å². The van der Waals surface area contributed by atoms with E-state index in [9.17, 15) is 13.2 Å². The van der Waals surface area contributed by atoms with Gasteiger partial charge in [0, 0.05) is 38.3 Å². The normalized spacial score (nSPS) is 12.7. The van der Waals surface area contributed by atoms with Crippen LogP contribution in [0.4, 0.5) is 21.2 Å². The highest BCUT2D eigenvalue weighted by Gasteiger charge is 2.37. The lowest BCUT2D eigenvalue weighted by Gasteiger charge is -2.36. The van der Waals surface area contributed by atoms with E-state index in [4.69, 9.17) is 38.3 Å². The maximum Gasteiger partial charge on any atom is 0.357 e. The summed E-state index contributed by atoms with van der Waals surface area (Å²) in [6, 6.07) is 15.7. The number of fused-ring (bicyclic) bond motifs is 1. The fourth-order valence-electron chi connectivity index (χ4n) is 6.65. The van der Waals surface area contributed by atoms with Gasteiger partial charge in [0.15, 0.2) is 47.1 Å². The molecule has 21 heteroatoms. The monoisotopic (exact) mass is 1060 g/mol. The van der Waals surface area contributed by atoms with Crippen LogP contribution in [0, 0.1) is 24.6 Å². The molecule has 0 radical (unpaired) electrons. The van der Waals surface area contributed by atoms with Crippen LogP contribution < -0.4 is 14.4 Å². The Morgan fingerprint density at radius 2 is 1.73 bits per heavy atom. The molecule has 382 valence electrons. The van der Waals surface area contributed by atoms with Gasteiger partial charge in [-0.2, -0.15) is 13.4 Å². The lowest BCUT2D eigenvalue weighted by molar-refractivity contribution is 0.0593. The van der Waals surface area contributed by atoms with Crippen LogP contribution in [-0.2, 0) is 37.2 Å². The molecule has 0 amide bonds. The van der Waals surface area contributed by atoms with Gasteiger partial charge < -0.3 is 23.5 Å². The predicted molar refractivity (Wildman–Crippen MR) is 284 cm³/mol. The fraction of sp³-hybridized carbons (Fsp3) is 0.531. The van der Waals surface area contributed by atoms with Crippen molar-refractivity contribution < 1.29 is 40.8 Å². The third kappa shape index (κ3) is 17.1. The molecule has 15 nitrogen and oxygen atoms in total. The van der Waals surface area contributed by atoms with E-state index in [1.54, 1.807) is 24.5 Å². The van der Waals surface area contributed by atoms with Crippen LogP contribution in [0.5, 0.6) is 5.75 Å². The Kier molecular flexibility index (Phi) is 20.5. The third-order valence-electron chi connectivity index (χ3n) is 11.8. The van der Waals surface area contributed by atoms with Crippen LogP contribution in [0.25, 0.3) is 10.2 Å². The minimum absolute atomic E-state index is 0.0758. The summed E-state index contributed by atoms with van der Waals surface area (Å²) in [5.41, 5.74) is 2.52. The number of carbonyl (C=O) groups is 1. The van der Waals surface area contributed by atoms with Crippen molar-refractivity contribution in [2.24, 2.45) is 4.99 Å². The third-order valence-corrected chi connectivity index (χ3v) is 21.1. The topological polar surface area (TPSA) is 171 Å². The average Bonchev–Trinajstić information content (AvgIpc) is 3.86. The second kappa shape index (κ2) is 25.3. The van der Waals surface area contributed by atoms with Gasteiger partial charge in [0.05, 0.1) is 36.2 Å². The van der Waals surface area contributed by atoms with E-state index in [0.29, 0.717) is 79.6 Å². The molecule has 0 bridgehead atoms. The molecular weight excluding hydrogens is 986 g/mol. The lowest BCUT2D eigenvalue weighted by Crippen LogP contribution is -2.41. The molecule has 2 aromatic carbocycles. The number of rotatable bonds is 25. The van der Waals surface area contributed by atoms with Gasteiger partial charge in [-0.05, 0) is 119 Å². The Labute approximate surface area is 423 Å². The molecule has 5 aromatic rings. The van der Waals surface area contributed by atoms with E-state index in [0.717, 1.165) is 39.5 Å². The Hall–Kier alpha value is -4.38. The zero-order valence-electron chi connectivity index (χ0n) is 42.6. The van der Waals surface area contributed by atoms with Crippen LogP contribution >= 0.6 is 22.7 Å². The van der Waals surface area contributed by atoms with Gasteiger partial charge in [0.25, 0.3) is 10.1 Å². The van der Waals surface area contributed by atoms with Gasteiger partial charge in [0.2, 0.25) is 0 Å². The van der Waals surface area contributed by atoms with Crippen molar-refractivity contribution in [3.8, 4) is 17.6 Å². The van der Waals surface area contributed by atoms with Gasteiger partial charge in [0.1, 0.15) is 6.73 Å². The summed E-state index contributed by atoms with van der Waals surface area (Å²) < 4.78 is 72.9. The SMILES string of the molecule is COC(=O)c1nc(N(CCCCO[Si](C)(C)C(C)(C)C)c2cc(C)c(N=c3sc4ccccc4n3COCC[Si](C)(C)C)nn2)sc1CCCOc1ccc(C#CCN(C)CCCS(=O)(=O)O)cc1F. The smallest absolute Gasteiger partial charge is 0.357 e. The highest BCUT2D eigenvalue weighted by molar-refractivity contribution is 7.85. The Morgan fingerprint density at radius 1 is 0.971 bits per heavy atom. The number of halogens is 1. The van der Waals surface area contributed by atoms with Crippen LogP contribution in [-0.4, -0.2) is 119 Å². The number of methoxy groups -OCH3 is 1. The molecule has 0 fully saturated rings. The largest absolute Gasteiger partial charge is 0.491 e. The molecule has 0 atom stereocenters. The van der Waals surface area contributed by atoms with Crippen LogP contribution in [0.1, 0.15) is 72.9 Å². The zero-order chi connectivity index (χ0) is 51.3. The highest BCUT2D eigenvalue weighted by atomic mass is 32.2. The van der Waals surface area contributed by atoms with Gasteiger partial charge >= 0.3 is 5.97 Å². The maximum atomic E-state index is 15.1. The first-order valence-electron chi connectivity index (χ1n) is 23.5. The predicted octanol–water partition coefficient (Wildman–Crippen LogP) is 10.2. The highest BCUT2D eigenvalue weighted by Crippen LogP contribution is 2.37. The van der Waals surface area contributed by atoms with Gasteiger partial charge in [-0.25, -0.2) is 14.2 Å². The van der Waals surface area contributed by atoms with E-state index in [2.05, 4.69) is 87.1 Å². The summed E-state index contributed by atoms with van der Waals surface area (Å²) in [5.74, 6) is 5.55. The molecule has 0 aliphatic carbocycles. The Bertz CT molecular complexity index is 2790. The molecule has 70 heavy (non-hydrogen) atoms. The summed E-state index contributed by atoms with van der Waals surface area (Å²) in [6.45, 7) is 23.3. The summed E-state index contributed by atoms with van der Waals surface area (Å²) >= 11 is 2.94. The molecule has 1 N–H and O–H groups in total. The first-order chi connectivity index (χ1) is 32.9. The van der Waals surface area contributed by atoms with Crippen LogP contribution in [0.2, 0.25) is 43.8 Å². The van der Waals surface area contributed by atoms with E-state index >= 15 is 4.39 Å². The summed E-state index contributed by atoms with van der Waals surface area (Å²) in [7, 11) is -4.11. The number of esters is 1. The number of thiazole rings is 2. The van der Waals surface area contributed by atoms with Crippen LogP contribution in [0.15, 0.2) is 53.5 Å². The summed E-state index contributed by atoms with van der Waals surface area (Å²) in [6.07, 6.45) is 2.70. The van der Waals surface area contributed by atoms with Crippen molar-refractivity contribution in [3.05, 3.63) is 80.8 Å². The second-order valence-electron chi connectivity index (χ2n) is 20.0. The number of aromatic nitrogens is 4. The second-order valence-corrected chi connectivity index (χ2v) is 34.0. The van der Waals surface area contributed by atoms with Crippen molar-refractivity contribution in [3.63, 3.8) is 0 Å². The number of para-hydroxylation sites is 1. The van der Waals surface area contributed by atoms with E-state index in [-0.39, 0.29) is 35.3 Å². The molecule has 3 heterocycles. The quantitative estimate of drug-likeness (QED) is 0.0193. The number of ether oxygens (including phenoxy) is 3. The minimum atomic E-state index is -4.01. The van der Waals surface area contributed by atoms with Crippen molar-refractivity contribution in [2.75, 3.05) is 64.3 Å². The maximum absolute atomic E-state index is 15.1. The number of hydrogen-bond acceptors (Lipinski definition) is 15. The molecule has 0 saturated heterocycles. The minimum Gasteiger partial charge on any atom is -0.491 e. The Morgan fingerprint density at radius 3 is 2.41 bits per heavy atom. The molecule has 3 aromatic heterocycles. The average molecular weight is 1060 g/mol. The van der Waals surface area contributed by atoms with Crippen molar-refractivity contribution >= 4 is 82.1 Å². The number of hydrogen-bond donors (Lipinski definition) is 1. The zero-order valence-corrected chi connectivity index (χ0v) is 47.0. The van der Waals surface area contributed by atoms with Crippen molar-refractivity contribution in [1.82, 2.24) is 24.6 Å². The molecule has 0 spiro atoms. The number of unbranched alkanes of at least 4 members (excludes halogenated alkanes) is 1. The molecule has 0 aliphatic rings. The standard InChI is InChI=1S/C49H70FN7O8S3Si2/c1-36-33-43(53-54-45(36)52-48-57(35-63-30-32-69(7,8)9)39-20-12-13-21-41(39)66-48)56(27-14-15-29-65-70(10,11)49(2,3)4)47-51-44(46(58)62-6)42(67-47)22-17-28-64-40-24-23-37(34-38(40)50)19-16-25-55(5)26-18-31-68(59,60)61/h12-13,20-21,23-24,33-34H,14-15,17-18,22,25-32,35H2,1-11H3,(H,59,60,61). The molecule has 0 unspecified atom stereocenters. The molecule has 5 rings (SSSR count). The van der Waals surface area contributed by atoms with Crippen molar-refractivity contribution in [2.45, 2.75) is 110 Å². The first kappa shape index (κ1) is 56.5. The van der Waals surface area contributed by atoms with Gasteiger partial charge in [-0.15, -0.1) is 21.5 Å². The summed E-state index contributed by atoms with van der Waals surface area (Å²) in [5, 5.41) is 10.0. The van der Waals surface area contributed by atoms with Crippen LogP contribution in [0.3, 0.4) is 0 Å². The number of carbonyl (C=O) groups excluding carboxylic acids is 1. The number of nitrogens with zero attached hydrogens (tertiary/aromatic N) is 7. The summed E-state index contributed by atoms with van der Waals surface area (Å²) in [4.78, 5) is 28.3.